The molecule has 0 radical (unpaired) electrons. The van der Waals surface area contributed by atoms with E-state index in [1.54, 1.807) is 29.1 Å². The Labute approximate surface area is 320 Å². The van der Waals surface area contributed by atoms with E-state index in [2.05, 4.69) is 24.3 Å². The molecule has 4 heterocycles. The molecule has 5 aliphatic rings. The van der Waals surface area contributed by atoms with Gasteiger partial charge in [0, 0.05) is 70.5 Å². The first kappa shape index (κ1) is 38.5. The Balaban J connectivity index is 1.09. The highest BCUT2D eigenvalue weighted by atomic mass is 16.5. The minimum atomic E-state index is -0.870. The third-order valence-electron chi connectivity index (χ3n) is 13.0. The zero-order chi connectivity index (χ0) is 38.0. The van der Waals surface area contributed by atoms with E-state index < -0.39 is 23.5 Å². The number of carbonyl (C=O) groups is 4. The number of amides is 4. The van der Waals surface area contributed by atoms with Gasteiger partial charge in [-0.15, -0.1) is 0 Å². The number of piperidine rings is 1. The van der Waals surface area contributed by atoms with E-state index in [4.69, 9.17) is 9.47 Å². The van der Waals surface area contributed by atoms with Gasteiger partial charge in [-0.05, 0) is 61.8 Å². The normalized spacial score (nSPS) is 25.9. The van der Waals surface area contributed by atoms with E-state index in [0.29, 0.717) is 64.0 Å². The highest BCUT2D eigenvalue weighted by Crippen LogP contribution is 2.54. The molecule has 4 amide bonds. The molecule has 2 unspecified atom stereocenters. The number of methoxy groups -OCH3 is 1. The van der Waals surface area contributed by atoms with Crippen LogP contribution >= 0.6 is 0 Å². The van der Waals surface area contributed by atoms with Gasteiger partial charge in [-0.25, -0.2) is 0 Å². The molecule has 5 fully saturated rings. The Morgan fingerprint density at radius 2 is 1.59 bits per heavy atom. The van der Waals surface area contributed by atoms with Gasteiger partial charge < -0.3 is 29.5 Å². The van der Waals surface area contributed by atoms with Gasteiger partial charge in [0.25, 0.3) is 5.91 Å². The predicted molar refractivity (Wildman–Crippen MR) is 203 cm³/mol. The van der Waals surface area contributed by atoms with Gasteiger partial charge in [0.15, 0.2) is 0 Å². The van der Waals surface area contributed by atoms with E-state index in [9.17, 15) is 19.2 Å². The fourth-order valence-electron chi connectivity index (χ4n) is 9.50. The first-order chi connectivity index (χ1) is 26.0. The van der Waals surface area contributed by atoms with Crippen molar-refractivity contribution in [3.63, 3.8) is 0 Å². The van der Waals surface area contributed by atoms with E-state index in [1.165, 1.54) is 19.3 Å². The van der Waals surface area contributed by atoms with Crippen molar-refractivity contribution in [2.75, 3.05) is 59.6 Å². The summed E-state index contributed by atoms with van der Waals surface area (Å²) in [4.78, 5) is 62.0. The van der Waals surface area contributed by atoms with Crippen molar-refractivity contribution in [3.05, 3.63) is 53.9 Å². The molecule has 54 heavy (non-hydrogen) atoms. The maximum Gasteiger partial charge on any atom is 0.257 e. The van der Waals surface area contributed by atoms with Crippen molar-refractivity contribution in [2.24, 2.45) is 34.5 Å². The smallest absolute Gasteiger partial charge is 0.257 e. The highest BCUT2D eigenvalue weighted by Gasteiger charge is 2.62. The molecule has 1 aromatic heterocycles. The van der Waals surface area contributed by atoms with Crippen molar-refractivity contribution in [1.82, 2.24) is 29.8 Å². The monoisotopic (exact) mass is 744 g/mol. The maximum atomic E-state index is 14.7. The van der Waals surface area contributed by atoms with Crippen LogP contribution < -0.4 is 5.32 Å². The number of carbonyl (C=O) groups excluding carboxylic acids is 4. The number of hydrogen-bond donors (Lipinski definition) is 1. The third kappa shape index (κ3) is 8.39. The summed E-state index contributed by atoms with van der Waals surface area (Å²) in [6.45, 7) is 10.4. The number of rotatable bonds is 13. The molecular formula is C42H60N6O6. The molecule has 12 heteroatoms. The average molecular weight is 745 g/mol. The van der Waals surface area contributed by atoms with E-state index >= 15 is 0 Å². The quantitative estimate of drug-likeness (QED) is 0.326. The van der Waals surface area contributed by atoms with Gasteiger partial charge in [-0.1, -0.05) is 63.4 Å². The molecule has 3 saturated heterocycles. The summed E-state index contributed by atoms with van der Waals surface area (Å²) in [5.74, 6) is -0.358. The first-order valence-electron chi connectivity index (χ1n) is 20.3. The number of hydrogen-bond acceptors (Lipinski definition) is 7. The minimum absolute atomic E-state index is 0.00707. The average Bonchev–Trinajstić information content (AvgIpc) is 3.46. The lowest BCUT2D eigenvalue weighted by Gasteiger charge is -2.50. The zero-order valence-electron chi connectivity index (χ0n) is 32.7. The summed E-state index contributed by atoms with van der Waals surface area (Å²) in [6, 6.07) is 9.09. The molecule has 2 aliphatic carbocycles. The van der Waals surface area contributed by atoms with E-state index in [-0.39, 0.29) is 47.4 Å². The van der Waals surface area contributed by atoms with Gasteiger partial charge in [-0.3, -0.25) is 23.9 Å². The summed E-state index contributed by atoms with van der Waals surface area (Å²) < 4.78 is 13.6. The summed E-state index contributed by atoms with van der Waals surface area (Å²) >= 11 is 0. The van der Waals surface area contributed by atoms with Gasteiger partial charge in [0.05, 0.1) is 36.9 Å². The standard InChI is InChI=1S/C42H60N6O6/c1-29(54-25-31-14-9-6-10-15-31)36(40(52)45-17-11-16-32(20-45)24-53-4)44-37(49)35-23-46(26-42(35)27-47(28-42)39(51)34-18-41(34,2)3)38(50)33-19-43-48(22-33)21-30-12-7-5-8-13-30/h5,7-8,12-13,19,22,29,31-32,34-36H,6,9-11,14-18,20-21,23-28H2,1-4H3,(H,44,49)/t29-,32?,34-,35?,36+/m1/s1. The minimum Gasteiger partial charge on any atom is -0.384 e. The van der Waals surface area contributed by atoms with Crippen molar-refractivity contribution >= 4 is 23.6 Å². The largest absolute Gasteiger partial charge is 0.384 e. The molecule has 0 bridgehead atoms. The number of nitrogens with one attached hydrogen (secondary N) is 1. The lowest BCUT2D eigenvalue weighted by Crippen LogP contribution is -2.65. The van der Waals surface area contributed by atoms with Crippen molar-refractivity contribution in [1.29, 1.82) is 0 Å². The molecule has 3 aliphatic heterocycles. The van der Waals surface area contributed by atoms with Crippen LogP contribution in [0.5, 0.6) is 0 Å². The fourth-order valence-corrected chi connectivity index (χ4v) is 9.50. The Morgan fingerprint density at radius 3 is 2.30 bits per heavy atom. The lowest BCUT2D eigenvalue weighted by atomic mass is 9.70. The molecule has 2 aromatic rings. The van der Waals surface area contributed by atoms with Gasteiger partial charge in [-0.2, -0.15) is 5.10 Å². The SMILES string of the molecule is COCC1CCCN(C(=O)[C@@H](NC(=O)C2CN(C(=O)c3cnn(Cc4ccccc4)c3)CC23CN(C(=O)[C@H]2CC2(C)C)C3)[C@@H](C)OCC2CCCCC2)C1. The molecule has 5 atom stereocenters. The van der Waals surface area contributed by atoms with Crippen molar-refractivity contribution < 1.29 is 28.7 Å². The van der Waals surface area contributed by atoms with Crippen molar-refractivity contribution in [3.8, 4) is 0 Å². The number of likely N-dealkylation sites (tertiary alicyclic amines) is 3. The van der Waals surface area contributed by atoms with Crippen LogP contribution in [0.3, 0.4) is 0 Å². The molecule has 7 rings (SSSR count). The highest BCUT2D eigenvalue weighted by molar-refractivity contribution is 5.96. The molecule has 1 N–H and O–H groups in total. The maximum absolute atomic E-state index is 14.7. The van der Waals surface area contributed by atoms with Gasteiger partial charge >= 0.3 is 0 Å². The Morgan fingerprint density at radius 1 is 0.889 bits per heavy atom. The molecule has 294 valence electrons. The second-order valence-electron chi connectivity index (χ2n) is 17.7. The van der Waals surface area contributed by atoms with Crippen LogP contribution in [-0.4, -0.2) is 120 Å². The van der Waals surface area contributed by atoms with Crippen LogP contribution in [0.4, 0.5) is 0 Å². The molecule has 1 aromatic carbocycles. The zero-order valence-corrected chi connectivity index (χ0v) is 32.7. The summed E-state index contributed by atoms with van der Waals surface area (Å²) in [6.07, 6.45) is 11.4. The topological polar surface area (TPSA) is 126 Å². The van der Waals surface area contributed by atoms with Crippen LogP contribution in [0, 0.1) is 34.5 Å². The Hall–Kier alpha value is -3.77. The van der Waals surface area contributed by atoms with E-state index in [0.717, 1.165) is 37.7 Å². The second-order valence-corrected chi connectivity index (χ2v) is 17.7. The Kier molecular flexibility index (Phi) is 11.5. The molecule has 1 spiro atoms. The summed E-state index contributed by atoms with van der Waals surface area (Å²) in [7, 11) is 1.69. The number of ether oxygens (including phenoxy) is 2. The molecular weight excluding hydrogens is 684 g/mol. The van der Waals surface area contributed by atoms with E-state index in [1.807, 2.05) is 47.1 Å². The number of benzene rings is 1. The first-order valence-corrected chi connectivity index (χ1v) is 20.3. The van der Waals surface area contributed by atoms with Crippen LogP contribution in [-0.2, 0) is 30.4 Å². The number of aromatic nitrogens is 2. The van der Waals surface area contributed by atoms with Crippen LogP contribution in [0.15, 0.2) is 42.7 Å². The number of nitrogens with zero attached hydrogens (tertiary/aromatic N) is 5. The Bertz CT molecular complexity index is 1650. The van der Waals surface area contributed by atoms with Crippen LogP contribution in [0.25, 0.3) is 0 Å². The summed E-state index contributed by atoms with van der Waals surface area (Å²) in [5.41, 5.74) is 0.923. The second kappa shape index (κ2) is 16.1. The fraction of sp³-hybridized carbons (Fsp3) is 0.690. The van der Waals surface area contributed by atoms with Gasteiger partial charge in [0.1, 0.15) is 6.04 Å². The van der Waals surface area contributed by atoms with Crippen LogP contribution in [0.2, 0.25) is 0 Å². The predicted octanol–water partition coefficient (Wildman–Crippen LogP) is 4.23. The summed E-state index contributed by atoms with van der Waals surface area (Å²) in [5, 5.41) is 7.66. The molecule has 12 nitrogen and oxygen atoms in total. The van der Waals surface area contributed by atoms with Crippen molar-refractivity contribution in [2.45, 2.75) is 90.8 Å². The lowest BCUT2D eigenvalue weighted by molar-refractivity contribution is -0.153. The third-order valence-corrected chi connectivity index (χ3v) is 13.0. The molecule has 2 saturated carbocycles. The van der Waals surface area contributed by atoms with Crippen LogP contribution in [0.1, 0.15) is 88.1 Å². The van der Waals surface area contributed by atoms with Gasteiger partial charge in [0.2, 0.25) is 17.7 Å².